The third kappa shape index (κ3) is 5.19. The molecule has 3 atom stereocenters. The minimum Gasteiger partial charge on any atom is -0.352 e. The normalized spacial score (nSPS) is 23.2. The Morgan fingerprint density at radius 2 is 2.04 bits per heavy atom. The molecule has 2 aromatic rings. The van der Waals surface area contributed by atoms with Gasteiger partial charge in [0.15, 0.2) is 4.34 Å². The van der Waals surface area contributed by atoms with Crippen LogP contribution >= 0.6 is 23.1 Å². The van der Waals surface area contributed by atoms with E-state index in [4.69, 9.17) is 0 Å². The molecule has 0 aliphatic heterocycles. The number of anilines is 2. The van der Waals surface area contributed by atoms with Gasteiger partial charge in [0.25, 0.3) is 0 Å². The summed E-state index contributed by atoms with van der Waals surface area (Å²) in [7, 11) is 0. The molecule has 0 saturated heterocycles. The Kier molecular flexibility index (Phi) is 6.31. The van der Waals surface area contributed by atoms with Crippen LogP contribution in [0.4, 0.5) is 10.8 Å². The molecule has 2 N–H and O–H groups in total. The van der Waals surface area contributed by atoms with Crippen LogP contribution in [0.25, 0.3) is 0 Å². The van der Waals surface area contributed by atoms with E-state index in [0.717, 1.165) is 21.6 Å². The highest BCUT2D eigenvalue weighted by Crippen LogP contribution is 2.30. The first-order valence-electron chi connectivity index (χ1n) is 8.69. The van der Waals surface area contributed by atoms with Gasteiger partial charge in [-0.05, 0) is 30.4 Å². The monoisotopic (exact) mass is 376 g/mol. The number of carbonyl (C=O) groups excluding carboxylic acids is 1. The van der Waals surface area contributed by atoms with Crippen LogP contribution in [0, 0.1) is 11.8 Å². The standard InChI is InChI=1S/C18H24N4OS2/c1-12-7-6-10-15(13(12)2)20-16(23)11-24-18-22-21-17(25-18)19-14-8-4-3-5-9-14/h3-5,8-9,12-13,15H,6-7,10-11H2,1-2H3,(H,19,21)(H,20,23)/t12-,13+,15+/m0/s1. The summed E-state index contributed by atoms with van der Waals surface area (Å²) in [5, 5.41) is 15.4. The maximum absolute atomic E-state index is 12.2. The molecule has 1 heterocycles. The number of nitrogens with zero attached hydrogens (tertiary/aromatic N) is 2. The Balaban J connectivity index is 1.46. The number of hydrogen-bond donors (Lipinski definition) is 2. The molecule has 1 aromatic carbocycles. The number of amides is 1. The molecule has 1 fully saturated rings. The van der Waals surface area contributed by atoms with Crippen molar-refractivity contribution in [1.82, 2.24) is 15.5 Å². The van der Waals surface area contributed by atoms with Crippen molar-refractivity contribution < 1.29 is 4.79 Å². The number of nitrogens with one attached hydrogen (secondary N) is 2. The fourth-order valence-corrected chi connectivity index (χ4v) is 4.71. The van der Waals surface area contributed by atoms with Gasteiger partial charge in [-0.2, -0.15) is 0 Å². The quantitative estimate of drug-likeness (QED) is 0.735. The number of carbonyl (C=O) groups is 1. The average molecular weight is 377 g/mol. The van der Waals surface area contributed by atoms with Gasteiger partial charge >= 0.3 is 0 Å². The predicted octanol–water partition coefficient (Wildman–Crippen LogP) is 4.31. The minimum atomic E-state index is 0.0868. The molecule has 1 aliphatic rings. The first kappa shape index (κ1) is 18.2. The van der Waals surface area contributed by atoms with Crippen molar-refractivity contribution in [2.45, 2.75) is 43.5 Å². The van der Waals surface area contributed by atoms with Gasteiger partial charge in [-0.15, -0.1) is 10.2 Å². The number of hydrogen-bond acceptors (Lipinski definition) is 6. The van der Waals surface area contributed by atoms with Crippen LogP contribution < -0.4 is 10.6 Å². The van der Waals surface area contributed by atoms with Gasteiger partial charge in [0, 0.05) is 11.7 Å². The zero-order valence-electron chi connectivity index (χ0n) is 14.6. The van der Waals surface area contributed by atoms with Crippen LogP contribution in [0.3, 0.4) is 0 Å². The smallest absolute Gasteiger partial charge is 0.230 e. The van der Waals surface area contributed by atoms with Gasteiger partial charge < -0.3 is 10.6 Å². The summed E-state index contributed by atoms with van der Waals surface area (Å²) in [6, 6.07) is 10.2. The zero-order valence-corrected chi connectivity index (χ0v) is 16.2. The molecule has 1 saturated carbocycles. The van der Waals surface area contributed by atoms with E-state index < -0.39 is 0 Å². The molecule has 7 heteroatoms. The molecule has 1 aliphatic carbocycles. The van der Waals surface area contributed by atoms with Crippen molar-refractivity contribution in [2.24, 2.45) is 11.8 Å². The van der Waals surface area contributed by atoms with E-state index in [-0.39, 0.29) is 5.91 Å². The minimum absolute atomic E-state index is 0.0868. The number of para-hydroxylation sites is 1. The largest absolute Gasteiger partial charge is 0.352 e. The molecule has 5 nitrogen and oxygen atoms in total. The number of rotatable bonds is 6. The van der Waals surface area contributed by atoms with E-state index in [1.807, 2.05) is 30.3 Å². The molecule has 0 unspecified atom stereocenters. The molecule has 1 amide bonds. The van der Waals surface area contributed by atoms with Crippen molar-refractivity contribution in [1.29, 1.82) is 0 Å². The van der Waals surface area contributed by atoms with Gasteiger partial charge in [0.1, 0.15) is 0 Å². The van der Waals surface area contributed by atoms with Crippen molar-refractivity contribution in [3.63, 3.8) is 0 Å². The second kappa shape index (κ2) is 8.67. The maximum atomic E-state index is 12.2. The summed E-state index contributed by atoms with van der Waals surface area (Å²) in [4.78, 5) is 12.2. The van der Waals surface area contributed by atoms with Crippen LogP contribution in [0.5, 0.6) is 0 Å². The fourth-order valence-electron chi connectivity index (χ4n) is 3.13. The second-order valence-electron chi connectivity index (χ2n) is 6.59. The van der Waals surface area contributed by atoms with Gasteiger partial charge in [0.2, 0.25) is 11.0 Å². The number of benzene rings is 1. The van der Waals surface area contributed by atoms with E-state index >= 15 is 0 Å². The summed E-state index contributed by atoms with van der Waals surface area (Å²) >= 11 is 2.91. The van der Waals surface area contributed by atoms with E-state index in [1.165, 1.54) is 35.9 Å². The van der Waals surface area contributed by atoms with Crippen molar-refractivity contribution >= 4 is 39.8 Å². The molecule has 1 aromatic heterocycles. The summed E-state index contributed by atoms with van der Waals surface area (Å²) in [5.41, 5.74) is 0.980. The van der Waals surface area contributed by atoms with Crippen LogP contribution in [0.1, 0.15) is 33.1 Å². The third-order valence-electron chi connectivity index (χ3n) is 4.81. The Bertz CT molecular complexity index is 691. The van der Waals surface area contributed by atoms with Crippen molar-refractivity contribution in [3.8, 4) is 0 Å². The Hall–Kier alpha value is -1.60. The highest BCUT2D eigenvalue weighted by Gasteiger charge is 2.28. The molecule has 0 spiro atoms. The van der Waals surface area contributed by atoms with Crippen LogP contribution in [0.15, 0.2) is 34.7 Å². The summed E-state index contributed by atoms with van der Waals surface area (Å²) in [5.74, 6) is 1.70. The number of aromatic nitrogens is 2. The predicted molar refractivity (Wildman–Crippen MR) is 104 cm³/mol. The number of thioether (sulfide) groups is 1. The van der Waals surface area contributed by atoms with Crippen LogP contribution in [0.2, 0.25) is 0 Å². The van der Waals surface area contributed by atoms with Gasteiger partial charge in [0.05, 0.1) is 5.75 Å². The Morgan fingerprint density at radius 3 is 2.84 bits per heavy atom. The van der Waals surface area contributed by atoms with Crippen LogP contribution in [-0.2, 0) is 4.79 Å². The van der Waals surface area contributed by atoms with Crippen LogP contribution in [-0.4, -0.2) is 27.9 Å². The highest BCUT2D eigenvalue weighted by molar-refractivity contribution is 8.01. The van der Waals surface area contributed by atoms with E-state index in [0.29, 0.717) is 23.6 Å². The molecule has 0 radical (unpaired) electrons. The highest BCUT2D eigenvalue weighted by atomic mass is 32.2. The maximum Gasteiger partial charge on any atom is 0.230 e. The van der Waals surface area contributed by atoms with Gasteiger partial charge in [-0.1, -0.05) is 68.0 Å². The molecule has 134 valence electrons. The van der Waals surface area contributed by atoms with Crippen molar-refractivity contribution in [2.75, 3.05) is 11.1 Å². The topological polar surface area (TPSA) is 66.9 Å². The summed E-state index contributed by atoms with van der Waals surface area (Å²) < 4.78 is 0.804. The first-order valence-corrected chi connectivity index (χ1v) is 10.5. The second-order valence-corrected chi connectivity index (χ2v) is 8.79. The lowest BCUT2D eigenvalue weighted by Gasteiger charge is -2.34. The lowest BCUT2D eigenvalue weighted by atomic mass is 9.78. The molecule has 0 bridgehead atoms. The fraction of sp³-hybridized carbons (Fsp3) is 0.500. The Morgan fingerprint density at radius 1 is 1.24 bits per heavy atom. The first-order chi connectivity index (χ1) is 12.1. The molecular weight excluding hydrogens is 352 g/mol. The lowest BCUT2D eigenvalue weighted by Crippen LogP contribution is -2.44. The molecule has 3 rings (SSSR count). The SMILES string of the molecule is C[C@@H]1[C@@H](C)CCC[C@H]1NC(=O)CSc1nnc(Nc2ccccc2)s1. The lowest BCUT2D eigenvalue weighted by molar-refractivity contribution is -0.119. The van der Waals surface area contributed by atoms with E-state index in [2.05, 4.69) is 34.7 Å². The van der Waals surface area contributed by atoms with Crippen molar-refractivity contribution in [3.05, 3.63) is 30.3 Å². The van der Waals surface area contributed by atoms with E-state index in [1.54, 1.807) is 0 Å². The molecule has 25 heavy (non-hydrogen) atoms. The third-order valence-corrected chi connectivity index (χ3v) is 6.78. The van der Waals surface area contributed by atoms with E-state index in [9.17, 15) is 4.79 Å². The summed E-state index contributed by atoms with van der Waals surface area (Å²) in [6.45, 7) is 4.52. The van der Waals surface area contributed by atoms with Gasteiger partial charge in [-0.25, -0.2) is 0 Å². The van der Waals surface area contributed by atoms with Gasteiger partial charge in [-0.3, -0.25) is 4.79 Å². The average Bonchev–Trinajstić information content (AvgIpc) is 3.05. The molecular formula is C18H24N4OS2. The summed E-state index contributed by atoms with van der Waals surface area (Å²) in [6.07, 6.45) is 3.56. The zero-order chi connectivity index (χ0) is 17.6. The Labute approximate surface area is 157 Å².